The van der Waals surface area contributed by atoms with Crippen LogP contribution >= 0.6 is 0 Å². The fraction of sp³-hybridized carbons (Fsp3) is 0.800. The van der Waals surface area contributed by atoms with Crippen molar-refractivity contribution < 1.29 is 9.90 Å². The summed E-state index contributed by atoms with van der Waals surface area (Å²) in [5.74, 6) is 1.67. The lowest BCUT2D eigenvalue weighted by Gasteiger charge is -2.36. The van der Waals surface area contributed by atoms with Gasteiger partial charge in [0.25, 0.3) is 5.91 Å². The third-order valence-electron chi connectivity index (χ3n) is 7.20. The largest absolute Gasteiger partial charge is 0.396 e. The Morgan fingerprint density at radius 2 is 1.36 bits per heavy atom. The van der Waals surface area contributed by atoms with E-state index in [1.165, 1.54) is 77.0 Å². The number of piperazine rings is 1. The molecule has 0 unspecified atom stereocenters. The molecular weight excluding hydrogens is 448 g/mol. The van der Waals surface area contributed by atoms with Crippen LogP contribution < -0.4 is 10.2 Å². The molecule has 0 saturated carbocycles. The fourth-order valence-corrected chi connectivity index (χ4v) is 5.05. The highest BCUT2D eigenvalue weighted by Gasteiger charge is 2.18. The molecule has 0 aliphatic carbocycles. The van der Waals surface area contributed by atoms with Gasteiger partial charge in [-0.05, 0) is 30.9 Å². The van der Waals surface area contributed by atoms with Gasteiger partial charge in [-0.3, -0.25) is 9.69 Å². The number of hydrogen-bond acceptors (Lipinski definition) is 5. The quantitative estimate of drug-likeness (QED) is 0.213. The molecule has 2 heterocycles. The van der Waals surface area contributed by atoms with Gasteiger partial charge in [0.1, 0.15) is 5.82 Å². The number of hydrogen-bond donors (Lipinski definition) is 2. The summed E-state index contributed by atoms with van der Waals surface area (Å²) in [7, 11) is 0. The Hall–Kier alpha value is -1.66. The lowest BCUT2D eigenvalue weighted by molar-refractivity contribution is 0.0952. The Kier molecular flexibility index (Phi) is 16.5. The van der Waals surface area contributed by atoms with Crippen LogP contribution in [0.25, 0.3) is 0 Å². The molecule has 0 bridgehead atoms. The van der Waals surface area contributed by atoms with E-state index in [2.05, 4.69) is 33.9 Å². The molecule has 1 aliphatic rings. The van der Waals surface area contributed by atoms with Gasteiger partial charge in [0.2, 0.25) is 0 Å². The highest BCUT2D eigenvalue weighted by molar-refractivity contribution is 5.94. The van der Waals surface area contributed by atoms with Crippen molar-refractivity contribution in [2.24, 2.45) is 5.92 Å². The number of carbonyl (C=O) groups is 1. The van der Waals surface area contributed by atoms with Crippen LogP contribution in [-0.4, -0.2) is 66.8 Å². The topological polar surface area (TPSA) is 68.7 Å². The number of carbonyl (C=O) groups excluding carboxylic acids is 1. The molecule has 6 nitrogen and oxygen atoms in total. The van der Waals surface area contributed by atoms with Gasteiger partial charge in [-0.15, -0.1) is 0 Å². The van der Waals surface area contributed by atoms with Gasteiger partial charge in [-0.1, -0.05) is 90.9 Å². The molecule has 2 N–H and O–H groups in total. The number of unbranched alkanes of at least 4 members (excludes halogenated alkanes) is 13. The molecule has 1 aliphatic heterocycles. The zero-order valence-electron chi connectivity index (χ0n) is 23.4. The molecule has 1 fully saturated rings. The van der Waals surface area contributed by atoms with Gasteiger partial charge in [0.05, 0.1) is 5.56 Å². The van der Waals surface area contributed by atoms with E-state index in [0.29, 0.717) is 18.1 Å². The van der Waals surface area contributed by atoms with Gasteiger partial charge < -0.3 is 15.3 Å². The number of nitrogens with zero attached hydrogens (tertiary/aromatic N) is 3. The van der Waals surface area contributed by atoms with Crippen molar-refractivity contribution in [1.82, 2.24) is 15.2 Å². The molecule has 1 aromatic rings. The predicted molar refractivity (Wildman–Crippen MR) is 152 cm³/mol. The minimum absolute atomic E-state index is 0.0100. The van der Waals surface area contributed by atoms with Gasteiger partial charge in [0.15, 0.2) is 0 Å². The van der Waals surface area contributed by atoms with E-state index in [1.54, 1.807) is 6.20 Å². The van der Waals surface area contributed by atoms with Crippen molar-refractivity contribution in [2.45, 2.75) is 104 Å². The highest BCUT2D eigenvalue weighted by Crippen LogP contribution is 2.15. The summed E-state index contributed by atoms with van der Waals surface area (Å²) in [4.78, 5) is 21.9. The second-order valence-electron chi connectivity index (χ2n) is 11.0. The van der Waals surface area contributed by atoms with Crippen molar-refractivity contribution in [3.63, 3.8) is 0 Å². The summed E-state index contributed by atoms with van der Waals surface area (Å²) in [5.41, 5.74) is 0.655. The number of pyridine rings is 1. The third kappa shape index (κ3) is 13.6. The number of aromatic nitrogens is 1. The smallest absolute Gasteiger partial charge is 0.252 e. The number of nitrogens with one attached hydrogen (secondary N) is 1. The van der Waals surface area contributed by atoms with E-state index in [9.17, 15) is 4.79 Å². The summed E-state index contributed by atoms with van der Waals surface area (Å²) in [5, 5.41) is 11.8. The molecule has 0 spiro atoms. The number of amides is 1. The summed E-state index contributed by atoms with van der Waals surface area (Å²) in [6, 6.07) is 3.90. The molecule has 0 aromatic carbocycles. The summed E-state index contributed by atoms with van der Waals surface area (Å²) < 4.78 is 0. The highest BCUT2D eigenvalue weighted by atomic mass is 16.2. The van der Waals surface area contributed by atoms with Crippen LogP contribution in [0, 0.1) is 5.92 Å². The van der Waals surface area contributed by atoms with E-state index in [1.807, 2.05) is 12.1 Å². The third-order valence-corrected chi connectivity index (χ3v) is 7.20. The Labute approximate surface area is 221 Å². The Morgan fingerprint density at radius 3 is 1.83 bits per heavy atom. The SMILES string of the molecule is CC(C)CN1CCN(c2ccc(C(=O)NCCCCCCCCCCCCCCCCO)cn2)CC1. The van der Waals surface area contributed by atoms with Gasteiger partial charge >= 0.3 is 0 Å². The number of anilines is 1. The molecular formula is C30H54N4O2. The first-order valence-electron chi connectivity index (χ1n) is 14.9. The van der Waals surface area contributed by atoms with Crippen LogP contribution in [0.5, 0.6) is 0 Å². The van der Waals surface area contributed by atoms with Gasteiger partial charge in [-0.2, -0.15) is 0 Å². The minimum atomic E-state index is -0.0100. The molecule has 0 radical (unpaired) electrons. The van der Waals surface area contributed by atoms with Crippen molar-refractivity contribution in [1.29, 1.82) is 0 Å². The Morgan fingerprint density at radius 1 is 0.833 bits per heavy atom. The monoisotopic (exact) mass is 502 g/mol. The average Bonchev–Trinajstić information content (AvgIpc) is 2.88. The van der Waals surface area contributed by atoms with E-state index in [4.69, 9.17) is 5.11 Å². The van der Waals surface area contributed by atoms with Gasteiger partial charge in [0, 0.05) is 52.1 Å². The normalized spacial score (nSPS) is 14.5. The molecule has 2 rings (SSSR count). The lowest BCUT2D eigenvalue weighted by Crippen LogP contribution is -2.47. The number of rotatable bonds is 20. The first kappa shape index (κ1) is 30.6. The predicted octanol–water partition coefficient (Wildman–Crippen LogP) is 6.04. The molecule has 36 heavy (non-hydrogen) atoms. The maximum absolute atomic E-state index is 12.4. The zero-order chi connectivity index (χ0) is 25.8. The second kappa shape index (κ2) is 19.5. The van der Waals surface area contributed by atoms with E-state index in [0.717, 1.165) is 57.9 Å². The second-order valence-corrected chi connectivity index (χ2v) is 11.0. The molecule has 0 atom stereocenters. The van der Waals surface area contributed by atoms with Crippen LogP contribution in [0.1, 0.15) is 114 Å². The van der Waals surface area contributed by atoms with Crippen LogP contribution in [0.3, 0.4) is 0 Å². The van der Waals surface area contributed by atoms with Gasteiger partial charge in [-0.25, -0.2) is 4.98 Å². The minimum Gasteiger partial charge on any atom is -0.396 e. The van der Waals surface area contributed by atoms with E-state index in [-0.39, 0.29) is 5.91 Å². The zero-order valence-corrected chi connectivity index (χ0v) is 23.4. The first-order valence-corrected chi connectivity index (χ1v) is 14.9. The standard InChI is InChI=1S/C30H54N4O2/c1-27(2)26-33-20-22-34(23-21-33)29-18-17-28(25-32-29)30(36)31-19-15-13-11-9-7-5-3-4-6-8-10-12-14-16-24-35/h17-18,25,27,35H,3-16,19-24,26H2,1-2H3,(H,31,36). The number of aliphatic hydroxyl groups is 1. The van der Waals surface area contributed by atoms with Crippen LogP contribution in [0.2, 0.25) is 0 Å². The summed E-state index contributed by atoms with van der Waals surface area (Å²) in [6.07, 6.45) is 19.5. The Bertz CT molecular complexity index is 672. The fourth-order valence-electron chi connectivity index (χ4n) is 5.05. The lowest BCUT2D eigenvalue weighted by atomic mass is 10.0. The molecule has 1 aromatic heterocycles. The first-order chi connectivity index (χ1) is 17.6. The molecule has 206 valence electrons. The maximum Gasteiger partial charge on any atom is 0.252 e. The molecule has 1 amide bonds. The number of aliphatic hydroxyl groups excluding tert-OH is 1. The van der Waals surface area contributed by atoms with Crippen LogP contribution in [-0.2, 0) is 0 Å². The average molecular weight is 503 g/mol. The summed E-state index contributed by atoms with van der Waals surface area (Å²) >= 11 is 0. The molecule has 1 saturated heterocycles. The van der Waals surface area contributed by atoms with E-state index >= 15 is 0 Å². The molecule has 6 heteroatoms. The Balaban J connectivity index is 1.43. The van der Waals surface area contributed by atoms with Crippen molar-refractivity contribution in [3.8, 4) is 0 Å². The van der Waals surface area contributed by atoms with Crippen LogP contribution in [0.4, 0.5) is 5.82 Å². The van der Waals surface area contributed by atoms with Crippen molar-refractivity contribution in [2.75, 3.05) is 50.8 Å². The van der Waals surface area contributed by atoms with E-state index < -0.39 is 0 Å². The summed E-state index contributed by atoms with van der Waals surface area (Å²) in [6.45, 7) is 10.9. The van der Waals surface area contributed by atoms with Crippen molar-refractivity contribution in [3.05, 3.63) is 23.9 Å². The van der Waals surface area contributed by atoms with Crippen LogP contribution in [0.15, 0.2) is 18.3 Å². The maximum atomic E-state index is 12.4. The van der Waals surface area contributed by atoms with Crippen molar-refractivity contribution >= 4 is 11.7 Å².